The van der Waals surface area contributed by atoms with Gasteiger partial charge in [0, 0.05) is 27.5 Å². The van der Waals surface area contributed by atoms with Gasteiger partial charge in [-0.2, -0.15) is 0 Å². The number of fused-ring (bicyclic) bond motifs is 8. The molecule has 1 aliphatic carbocycles. The average Bonchev–Trinajstić information content (AvgIpc) is 3.71. The Balaban J connectivity index is 1.27. The molecule has 8 aromatic carbocycles. The van der Waals surface area contributed by atoms with Crippen LogP contribution in [0, 0.1) is 0 Å². The summed E-state index contributed by atoms with van der Waals surface area (Å²) in [6.07, 6.45) is 0. The van der Waals surface area contributed by atoms with Gasteiger partial charge < -0.3 is 9.32 Å². The lowest BCUT2D eigenvalue weighted by Crippen LogP contribution is -2.28. The number of rotatable bonds is 5. The zero-order chi connectivity index (χ0) is 32.4. The van der Waals surface area contributed by atoms with E-state index < -0.39 is 5.41 Å². The van der Waals surface area contributed by atoms with Crippen molar-refractivity contribution in [3.8, 4) is 11.1 Å². The third-order valence-electron chi connectivity index (χ3n) is 10.3. The van der Waals surface area contributed by atoms with Crippen molar-refractivity contribution < 1.29 is 4.42 Å². The minimum Gasteiger partial charge on any atom is -0.453 e. The minimum absolute atomic E-state index is 0.489. The van der Waals surface area contributed by atoms with Crippen LogP contribution in [0.5, 0.6) is 0 Å². The van der Waals surface area contributed by atoms with Crippen LogP contribution in [-0.4, -0.2) is 0 Å². The molecule has 0 unspecified atom stereocenters. The molecule has 1 heterocycles. The maximum absolute atomic E-state index is 6.90. The van der Waals surface area contributed by atoms with E-state index in [9.17, 15) is 0 Å². The van der Waals surface area contributed by atoms with Gasteiger partial charge in [-0.15, -0.1) is 0 Å². The van der Waals surface area contributed by atoms with E-state index in [0.717, 1.165) is 44.4 Å². The highest BCUT2D eigenvalue weighted by Gasteiger charge is 2.46. The van der Waals surface area contributed by atoms with Gasteiger partial charge in [0.2, 0.25) is 0 Å². The van der Waals surface area contributed by atoms with Crippen molar-refractivity contribution in [2.24, 2.45) is 0 Å². The highest BCUT2D eigenvalue weighted by atomic mass is 16.3. The Labute approximate surface area is 285 Å². The Kier molecular flexibility index (Phi) is 6.13. The predicted octanol–water partition coefficient (Wildman–Crippen LogP) is 12.6. The molecule has 0 spiro atoms. The summed E-state index contributed by atoms with van der Waals surface area (Å²) in [5, 5.41) is 4.53. The summed E-state index contributed by atoms with van der Waals surface area (Å²) in [7, 11) is 0. The van der Waals surface area contributed by atoms with Crippen molar-refractivity contribution in [2.45, 2.75) is 5.41 Å². The van der Waals surface area contributed by atoms with Crippen LogP contribution in [0.15, 0.2) is 192 Å². The fourth-order valence-corrected chi connectivity index (χ4v) is 8.26. The maximum atomic E-state index is 6.90. The zero-order valence-corrected chi connectivity index (χ0v) is 26.8. The molecule has 0 fully saturated rings. The quantitative estimate of drug-likeness (QED) is 0.189. The third kappa shape index (κ3) is 4.01. The second kappa shape index (κ2) is 10.8. The van der Waals surface area contributed by atoms with Crippen molar-refractivity contribution in [3.63, 3.8) is 0 Å². The summed E-state index contributed by atoms with van der Waals surface area (Å²) >= 11 is 0. The predicted molar refractivity (Wildman–Crippen MR) is 203 cm³/mol. The van der Waals surface area contributed by atoms with E-state index >= 15 is 0 Å². The van der Waals surface area contributed by atoms with Gasteiger partial charge in [-0.05, 0) is 75.2 Å². The lowest BCUT2D eigenvalue weighted by atomic mass is 9.67. The molecule has 0 bridgehead atoms. The van der Waals surface area contributed by atoms with Gasteiger partial charge in [0.15, 0.2) is 5.58 Å². The van der Waals surface area contributed by atoms with E-state index in [0.29, 0.717) is 0 Å². The lowest BCUT2D eigenvalue weighted by Gasteiger charge is -2.34. The summed E-state index contributed by atoms with van der Waals surface area (Å²) in [6, 6.07) is 67.9. The molecule has 49 heavy (non-hydrogen) atoms. The average molecular weight is 626 g/mol. The van der Waals surface area contributed by atoms with Gasteiger partial charge in [-0.3, -0.25) is 0 Å². The third-order valence-corrected chi connectivity index (χ3v) is 10.3. The summed E-state index contributed by atoms with van der Waals surface area (Å²) in [5.41, 5.74) is 12.1. The van der Waals surface area contributed by atoms with E-state index in [1.807, 2.05) is 0 Å². The fraction of sp³-hybridized carbons (Fsp3) is 0.0213. The molecule has 2 nitrogen and oxygen atoms in total. The van der Waals surface area contributed by atoms with E-state index in [2.05, 4.69) is 193 Å². The number of para-hydroxylation sites is 2. The van der Waals surface area contributed by atoms with Gasteiger partial charge in [-0.25, -0.2) is 0 Å². The Morgan fingerprint density at radius 1 is 0.388 bits per heavy atom. The van der Waals surface area contributed by atoms with Crippen LogP contribution in [0.25, 0.3) is 43.8 Å². The Morgan fingerprint density at radius 2 is 1.00 bits per heavy atom. The molecule has 230 valence electrons. The van der Waals surface area contributed by atoms with Crippen LogP contribution >= 0.6 is 0 Å². The van der Waals surface area contributed by atoms with E-state index in [1.165, 1.54) is 38.8 Å². The summed E-state index contributed by atoms with van der Waals surface area (Å²) in [4.78, 5) is 2.36. The van der Waals surface area contributed by atoms with E-state index in [4.69, 9.17) is 4.42 Å². The summed E-state index contributed by atoms with van der Waals surface area (Å²) in [6.45, 7) is 0. The lowest BCUT2D eigenvalue weighted by molar-refractivity contribution is 0.673. The molecule has 2 heteroatoms. The van der Waals surface area contributed by atoms with E-state index in [-0.39, 0.29) is 0 Å². The number of hydrogen-bond acceptors (Lipinski definition) is 2. The first kappa shape index (κ1) is 27.7. The molecular formula is C47H31NO. The highest BCUT2D eigenvalue weighted by Crippen LogP contribution is 2.57. The van der Waals surface area contributed by atoms with Crippen molar-refractivity contribution >= 4 is 49.8 Å². The second-order valence-corrected chi connectivity index (χ2v) is 12.8. The molecular weight excluding hydrogens is 595 g/mol. The molecule has 0 N–H and O–H groups in total. The standard InChI is InChI=1S/C47H31NO/c1-4-16-33(17-5-1)47(34-18-6-2-7-19-34)42-25-13-12-23-38(42)39-30-28-36(31-43(39)47)48(35-20-8-3-9-21-35)44-26-14-24-40-41-29-27-32-15-10-11-22-37(32)45(41)49-46(40)44/h1-31H. The number of nitrogens with zero attached hydrogens (tertiary/aromatic N) is 1. The Bertz CT molecular complexity index is 2620. The minimum atomic E-state index is -0.489. The number of anilines is 3. The number of furan rings is 1. The van der Waals surface area contributed by atoms with E-state index in [1.54, 1.807) is 0 Å². The second-order valence-electron chi connectivity index (χ2n) is 12.8. The van der Waals surface area contributed by atoms with Crippen molar-refractivity contribution in [1.82, 2.24) is 0 Å². The number of benzene rings is 8. The van der Waals surface area contributed by atoms with Crippen LogP contribution in [0.2, 0.25) is 0 Å². The maximum Gasteiger partial charge on any atom is 0.159 e. The Morgan fingerprint density at radius 3 is 1.78 bits per heavy atom. The van der Waals surface area contributed by atoms with Gasteiger partial charge in [0.1, 0.15) is 5.58 Å². The molecule has 0 amide bonds. The topological polar surface area (TPSA) is 16.4 Å². The molecule has 0 aliphatic heterocycles. The van der Waals surface area contributed by atoms with Crippen molar-refractivity contribution in [1.29, 1.82) is 0 Å². The fourth-order valence-electron chi connectivity index (χ4n) is 8.26. The van der Waals surface area contributed by atoms with Crippen LogP contribution in [0.3, 0.4) is 0 Å². The molecule has 0 saturated carbocycles. The Hall–Kier alpha value is -6.38. The van der Waals surface area contributed by atoms with Crippen molar-refractivity contribution in [3.05, 3.63) is 210 Å². The first-order chi connectivity index (χ1) is 24.3. The van der Waals surface area contributed by atoms with Gasteiger partial charge in [0.25, 0.3) is 0 Å². The highest BCUT2D eigenvalue weighted by molar-refractivity contribution is 6.17. The van der Waals surface area contributed by atoms with Gasteiger partial charge >= 0.3 is 0 Å². The van der Waals surface area contributed by atoms with Crippen molar-refractivity contribution in [2.75, 3.05) is 4.90 Å². The molecule has 9 aromatic rings. The smallest absolute Gasteiger partial charge is 0.159 e. The monoisotopic (exact) mass is 625 g/mol. The van der Waals surface area contributed by atoms with Crippen LogP contribution in [0.1, 0.15) is 22.3 Å². The summed E-state index contributed by atoms with van der Waals surface area (Å²) < 4.78 is 6.90. The first-order valence-electron chi connectivity index (χ1n) is 16.9. The SMILES string of the molecule is c1ccc(N(c2ccc3c(c2)C(c2ccccc2)(c2ccccc2)c2ccccc2-3)c2cccc3c2oc2c4ccccc4ccc32)cc1. The largest absolute Gasteiger partial charge is 0.453 e. The van der Waals surface area contributed by atoms with Crippen LogP contribution in [-0.2, 0) is 5.41 Å². The molecule has 10 rings (SSSR count). The van der Waals surface area contributed by atoms with Crippen LogP contribution < -0.4 is 4.90 Å². The molecule has 0 atom stereocenters. The number of hydrogen-bond donors (Lipinski definition) is 0. The molecule has 1 aliphatic rings. The normalized spacial score (nSPS) is 13.1. The summed E-state index contributed by atoms with van der Waals surface area (Å²) in [5.74, 6) is 0. The molecule has 0 radical (unpaired) electrons. The van der Waals surface area contributed by atoms with Gasteiger partial charge in [-0.1, -0.05) is 152 Å². The van der Waals surface area contributed by atoms with Crippen LogP contribution in [0.4, 0.5) is 17.1 Å². The molecule has 1 aromatic heterocycles. The zero-order valence-electron chi connectivity index (χ0n) is 26.8. The molecule has 0 saturated heterocycles. The first-order valence-corrected chi connectivity index (χ1v) is 16.9. The van der Waals surface area contributed by atoms with Gasteiger partial charge in [0.05, 0.1) is 11.1 Å².